The average Bonchev–Trinajstić information content (AvgIpc) is 3.44. The summed E-state index contributed by atoms with van der Waals surface area (Å²) in [7, 11) is 0. The van der Waals surface area contributed by atoms with Crippen LogP contribution in [0.3, 0.4) is 0 Å². The number of aryl methyl sites for hydroxylation is 2. The van der Waals surface area contributed by atoms with E-state index < -0.39 is 5.82 Å². The van der Waals surface area contributed by atoms with Crippen molar-refractivity contribution in [1.29, 1.82) is 0 Å². The number of aromatic nitrogens is 4. The van der Waals surface area contributed by atoms with E-state index in [2.05, 4.69) is 15.4 Å². The molecule has 0 aliphatic carbocycles. The quantitative estimate of drug-likeness (QED) is 0.277. The zero-order chi connectivity index (χ0) is 27.0. The number of carbonyl (C=O) groups is 1. The van der Waals surface area contributed by atoms with Crippen molar-refractivity contribution in [3.63, 3.8) is 0 Å². The first-order valence-electron chi connectivity index (χ1n) is 11.7. The van der Waals surface area contributed by atoms with E-state index >= 15 is 0 Å². The molecule has 194 valence electrons. The van der Waals surface area contributed by atoms with Gasteiger partial charge >= 0.3 is 0 Å². The standard InChI is InChI=1S/C27H22Cl2FN5O2S/c1-15-11-22(33-35(15)23-6-4-3-5-21(23)30)25-16(2)32-27-34(26(25)37)19(14-38-27)13-24(36)31-10-9-17-7-8-18(28)12-20(17)29/h3-8,11-12,14H,9-10,13H2,1-2H3,(H,31,36). The van der Waals surface area contributed by atoms with Gasteiger partial charge in [0.15, 0.2) is 4.96 Å². The second-order valence-electron chi connectivity index (χ2n) is 8.77. The lowest BCUT2D eigenvalue weighted by Crippen LogP contribution is -2.29. The summed E-state index contributed by atoms with van der Waals surface area (Å²) in [6.45, 7) is 3.91. The fraction of sp³-hybridized carbons (Fsp3) is 0.185. The van der Waals surface area contributed by atoms with Crippen molar-refractivity contribution >= 4 is 45.4 Å². The zero-order valence-corrected chi connectivity index (χ0v) is 22.8. The number of nitrogens with zero attached hydrogens (tertiary/aromatic N) is 4. The van der Waals surface area contributed by atoms with Gasteiger partial charge in [-0.3, -0.25) is 14.0 Å². The van der Waals surface area contributed by atoms with E-state index in [4.69, 9.17) is 23.2 Å². The number of hydrogen-bond donors (Lipinski definition) is 1. The third-order valence-electron chi connectivity index (χ3n) is 6.12. The number of para-hydroxylation sites is 1. The fourth-order valence-corrected chi connectivity index (χ4v) is 5.70. The molecule has 2 aromatic carbocycles. The van der Waals surface area contributed by atoms with Crippen molar-refractivity contribution in [1.82, 2.24) is 24.5 Å². The smallest absolute Gasteiger partial charge is 0.268 e. The Morgan fingerprint density at radius 1 is 1.13 bits per heavy atom. The van der Waals surface area contributed by atoms with Gasteiger partial charge in [-0.25, -0.2) is 14.1 Å². The number of amides is 1. The monoisotopic (exact) mass is 569 g/mol. The number of carbonyl (C=O) groups excluding carboxylic acids is 1. The lowest BCUT2D eigenvalue weighted by atomic mass is 10.1. The third-order valence-corrected chi connectivity index (χ3v) is 7.58. The molecule has 0 aliphatic heterocycles. The molecule has 11 heteroatoms. The lowest BCUT2D eigenvalue weighted by Gasteiger charge is -2.08. The number of halogens is 3. The predicted molar refractivity (Wildman–Crippen MR) is 148 cm³/mol. The van der Waals surface area contributed by atoms with Crippen LogP contribution in [-0.4, -0.2) is 31.6 Å². The Hall–Kier alpha value is -3.53. The van der Waals surface area contributed by atoms with Gasteiger partial charge in [0.2, 0.25) is 5.91 Å². The van der Waals surface area contributed by atoms with Gasteiger partial charge in [-0.2, -0.15) is 5.10 Å². The second kappa shape index (κ2) is 10.7. The molecule has 0 radical (unpaired) electrons. The Balaban J connectivity index is 1.40. The number of hydrogen-bond acceptors (Lipinski definition) is 5. The maximum absolute atomic E-state index is 14.4. The van der Waals surface area contributed by atoms with Gasteiger partial charge in [-0.15, -0.1) is 11.3 Å². The van der Waals surface area contributed by atoms with Crippen molar-refractivity contribution in [2.75, 3.05) is 6.54 Å². The lowest BCUT2D eigenvalue weighted by molar-refractivity contribution is -0.120. The minimum atomic E-state index is -0.420. The van der Waals surface area contributed by atoms with Crippen molar-refractivity contribution in [2.24, 2.45) is 0 Å². The van der Waals surface area contributed by atoms with Crippen molar-refractivity contribution in [3.05, 3.63) is 103 Å². The Morgan fingerprint density at radius 3 is 2.68 bits per heavy atom. The molecule has 0 spiro atoms. The minimum Gasteiger partial charge on any atom is -0.355 e. The summed E-state index contributed by atoms with van der Waals surface area (Å²) in [6.07, 6.45) is 0.544. The molecule has 3 aromatic heterocycles. The Kier molecular flexibility index (Phi) is 7.34. The van der Waals surface area contributed by atoms with Crippen LogP contribution in [0.1, 0.15) is 22.6 Å². The van der Waals surface area contributed by atoms with Gasteiger partial charge < -0.3 is 5.32 Å². The zero-order valence-electron chi connectivity index (χ0n) is 20.5. The van der Waals surface area contributed by atoms with E-state index in [9.17, 15) is 14.0 Å². The van der Waals surface area contributed by atoms with Crippen molar-refractivity contribution in [3.8, 4) is 16.9 Å². The van der Waals surface area contributed by atoms with Gasteiger partial charge in [0, 0.05) is 33.4 Å². The number of nitrogens with one attached hydrogen (secondary N) is 1. The van der Waals surface area contributed by atoms with Crippen LogP contribution in [0.2, 0.25) is 10.0 Å². The van der Waals surface area contributed by atoms with E-state index in [1.807, 2.05) is 6.07 Å². The van der Waals surface area contributed by atoms with Crippen LogP contribution in [0.15, 0.2) is 58.7 Å². The SMILES string of the molecule is Cc1nc2scc(CC(=O)NCCc3ccc(Cl)cc3Cl)n2c(=O)c1-c1cc(C)n(-c2ccccc2F)n1. The molecule has 5 aromatic rings. The van der Waals surface area contributed by atoms with Crippen molar-refractivity contribution in [2.45, 2.75) is 26.7 Å². The van der Waals surface area contributed by atoms with Gasteiger partial charge in [0.1, 0.15) is 17.2 Å². The first-order chi connectivity index (χ1) is 18.2. The van der Waals surface area contributed by atoms with Crippen LogP contribution in [0.25, 0.3) is 21.9 Å². The topological polar surface area (TPSA) is 81.3 Å². The third kappa shape index (κ3) is 5.09. The van der Waals surface area contributed by atoms with E-state index in [1.165, 1.54) is 26.5 Å². The molecule has 0 atom stereocenters. The van der Waals surface area contributed by atoms with Crippen LogP contribution in [0.4, 0.5) is 4.39 Å². The maximum atomic E-state index is 14.4. The first kappa shape index (κ1) is 26.1. The van der Waals surface area contributed by atoms with Crippen LogP contribution in [0.5, 0.6) is 0 Å². The van der Waals surface area contributed by atoms with E-state index in [-0.39, 0.29) is 23.6 Å². The van der Waals surface area contributed by atoms with Crippen LogP contribution in [-0.2, 0) is 17.6 Å². The summed E-state index contributed by atoms with van der Waals surface area (Å²) in [5.41, 5.74) is 3.22. The highest BCUT2D eigenvalue weighted by molar-refractivity contribution is 7.15. The minimum absolute atomic E-state index is 0.00112. The molecular formula is C27H22Cl2FN5O2S. The summed E-state index contributed by atoms with van der Waals surface area (Å²) in [5.74, 6) is -0.653. The molecule has 38 heavy (non-hydrogen) atoms. The summed E-state index contributed by atoms with van der Waals surface area (Å²) in [6, 6.07) is 13.3. The molecule has 0 unspecified atom stereocenters. The molecule has 0 saturated heterocycles. The summed E-state index contributed by atoms with van der Waals surface area (Å²) in [4.78, 5) is 31.4. The van der Waals surface area contributed by atoms with Gasteiger partial charge in [0.25, 0.3) is 5.56 Å². The molecule has 0 fully saturated rings. The highest BCUT2D eigenvalue weighted by atomic mass is 35.5. The fourth-order valence-electron chi connectivity index (χ4n) is 4.28. The predicted octanol–water partition coefficient (Wildman–Crippen LogP) is 5.57. The summed E-state index contributed by atoms with van der Waals surface area (Å²) < 4.78 is 17.3. The molecule has 7 nitrogen and oxygen atoms in total. The molecule has 0 aliphatic rings. The number of thiazole rings is 1. The summed E-state index contributed by atoms with van der Waals surface area (Å²) >= 11 is 13.4. The highest BCUT2D eigenvalue weighted by Crippen LogP contribution is 2.25. The van der Waals surface area contributed by atoms with Crippen LogP contribution >= 0.6 is 34.5 Å². The van der Waals surface area contributed by atoms with E-state index in [0.29, 0.717) is 56.3 Å². The first-order valence-corrected chi connectivity index (χ1v) is 13.4. The Bertz CT molecular complexity index is 1740. The number of benzene rings is 2. The Morgan fingerprint density at radius 2 is 1.92 bits per heavy atom. The molecule has 1 N–H and O–H groups in total. The van der Waals surface area contributed by atoms with Gasteiger partial charge in [-0.05, 0) is 56.2 Å². The molecule has 3 heterocycles. The van der Waals surface area contributed by atoms with Gasteiger partial charge in [0.05, 0.1) is 17.7 Å². The average molecular weight is 570 g/mol. The highest BCUT2D eigenvalue weighted by Gasteiger charge is 2.20. The van der Waals surface area contributed by atoms with Crippen LogP contribution < -0.4 is 10.9 Å². The van der Waals surface area contributed by atoms with Crippen LogP contribution in [0, 0.1) is 19.7 Å². The maximum Gasteiger partial charge on any atom is 0.268 e. The second-order valence-corrected chi connectivity index (χ2v) is 10.4. The van der Waals surface area contributed by atoms with E-state index in [0.717, 1.165) is 5.56 Å². The normalized spacial score (nSPS) is 11.3. The number of rotatable bonds is 7. The molecule has 5 rings (SSSR count). The Labute approximate surface area is 231 Å². The van der Waals surface area contributed by atoms with Crippen molar-refractivity contribution < 1.29 is 9.18 Å². The molecule has 0 saturated carbocycles. The largest absolute Gasteiger partial charge is 0.355 e. The molecular weight excluding hydrogens is 548 g/mol. The van der Waals surface area contributed by atoms with Gasteiger partial charge in [-0.1, -0.05) is 41.4 Å². The number of fused-ring (bicyclic) bond motifs is 1. The molecule has 1 amide bonds. The van der Waals surface area contributed by atoms with E-state index in [1.54, 1.807) is 55.6 Å². The molecule has 0 bridgehead atoms. The summed E-state index contributed by atoms with van der Waals surface area (Å²) in [5, 5.41) is 10.3.